The molecule has 6 heteroatoms. The number of rotatable bonds is 3. The van der Waals surface area contributed by atoms with Crippen molar-refractivity contribution in [2.24, 2.45) is 0 Å². The second-order valence-electron chi connectivity index (χ2n) is 5.91. The number of nitrogens with zero attached hydrogens (tertiary/aromatic N) is 4. The molecule has 1 atom stereocenters. The van der Waals surface area contributed by atoms with Crippen LogP contribution in [-0.4, -0.2) is 38.7 Å². The Morgan fingerprint density at radius 3 is 3.00 bits per heavy atom. The summed E-state index contributed by atoms with van der Waals surface area (Å²) < 4.78 is 1.78. The topological polar surface area (TPSA) is 67.1 Å². The first-order valence-electron chi connectivity index (χ1n) is 8.13. The number of nitrogens with one attached hydrogen (secondary N) is 2. The van der Waals surface area contributed by atoms with Gasteiger partial charge in [-0.1, -0.05) is 36.8 Å². The lowest BCUT2D eigenvalue weighted by Crippen LogP contribution is -2.31. The minimum absolute atomic E-state index is 0.402. The van der Waals surface area contributed by atoms with Crippen LogP contribution in [0.4, 0.5) is 5.82 Å². The number of hydrogen-bond acceptors (Lipinski definition) is 5. The minimum Gasteiger partial charge on any atom is -0.366 e. The third-order valence-corrected chi connectivity index (χ3v) is 4.22. The second-order valence-corrected chi connectivity index (χ2v) is 5.91. The van der Waals surface area contributed by atoms with Crippen LogP contribution in [0, 0.1) is 0 Å². The van der Waals surface area contributed by atoms with Gasteiger partial charge in [-0.05, 0) is 19.4 Å². The van der Waals surface area contributed by atoms with Crippen LogP contribution in [0.15, 0.2) is 42.7 Å². The van der Waals surface area contributed by atoms with Gasteiger partial charge in [0.2, 0.25) is 0 Å². The summed E-state index contributed by atoms with van der Waals surface area (Å²) in [5.74, 6) is 1.48. The van der Waals surface area contributed by atoms with Crippen LogP contribution >= 0.6 is 0 Å². The Morgan fingerprint density at radius 2 is 2.09 bits per heavy atom. The van der Waals surface area contributed by atoms with E-state index < -0.39 is 0 Å². The van der Waals surface area contributed by atoms with Crippen LogP contribution in [0.1, 0.15) is 19.3 Å². The highest BCUT2D eigenvalue weighted by Crippen LogP contribution is 2.22. The second kappa shape index (κ2) is 6.34. The average Bonchev–Trinajstić information content (AvgIpc) is 2.91. The predicted octanol–water partition coefficient (Wildman–Crippen LogP) is 2.35. The van der Waals surface area contributed by atoms with E-state index in [1.54, 1.807) is 10.8 Å². The lowest BCUT2D eigenvalue weighted by molar-refractivity contribution is 0.633. The molecule has 0 saturated carbocycles. The molecule has 0 bridgehead atoms. The maximum absolute atomic E-state index is 4.60. The molecule has 23 heavy (non-hydrogen) atoms. The molecule has 0 radical (unpaired) electrons. The Balaban J connectivity index is 1.70. The van der Waals surface area contributed by atoms with E-state index in [0.717, 1.165) is 36.6 Å². The Kier molecular flexibility index (Phi) is 3.90. The van der Waals surface area contributed by atoms with Crippen LogP contribution in [0.25, 0.3) is 17.0 Å². The summed E-state index contributed by atoms with van der Waals surface area (Å²) in [5.41, 5.74) is 2.10. The molecule has 1 aliphatic rings. The summed E-state index contributed by atoms with van der Waals surface area (Å²) in [6.45, 7) is 2.07. The molecule has 0 amide bonds. The fourth-order valence-corrected chi connectivity index (χ4v) is 3.05. The van der Waals surface area contributed by atoms with Gasteiger partial charge in [-0.15, -0.1) is 0 Å². The van der Waals surface area contributed by atoms with Crippen molar-refractivity contribution in [3.05, 3.63) is 42.7 Å². The van der Waals surface area contributed by atoms with E-state index in [9.17, 15) is 0 Å². The number of hydrogen-bond donors (Lipinski definition) is 2. The molecule has 0 unspecified atom stereocenters. The van der Waals surface area contributed by atoms with Crippen molar-refractivity contribution in [2.45, 2.75) is 25.3 Å². The summed E-state index contributed by atoms with van der Waals surface area (Å²) in [5, 5.41) is 11.3. The zero-order chi connectivity index (χ0) is 15.5. The van der Waals surface area contributed by atoms with Gasteiger partial charge < -0.3 is 10.6 Å². The monoisotopic (exact) mass is 308 g/mol. The lowest BCUT2D eigenvalue weighted by atomic mass is 10.1. The average molecular weight is 308 g/mol. The molecule has 0 spiro atoms. The van der Waals surface area contributed by atoms with Crippen molar-refractivity contribution >= 4 is 11.6 Å². The minimum atomic E-state index is 0.402. The number of fused-ring (bicyclic) bond motifs is 1. The Bertz CT molecular complexity index is 774. The summed E-state index contributed by atoms with van der Waals surface area (Å²) >= 11 is 0. The molecule has 2 aromatic heterocycles. The van der Waals surface area contributed by atoms with Crippen molar-refractivity contribution in [1.82, 2.24) is 24.9 Å². The smallest absolute Gasteiger partial charge is 0.254 e. The van der Waals surface area contributed by atoms with Gasteiger partial charge in [-0.3, -0.25) is 0 Å². The molecule has 6 nitrogen and oxygen atoms in total. The molecule has 1 aromatic carbocycles. The molecule has 3 aromatic rings. The van der Waals surface area contributed by atoms with Gasteiger partial charge in [-0.2, -0.15) is 19.6 Å². The van der Waals surface area contributed by atoms with E-state index in [1.165, 1.54) is 12.8 Å². The van der Waals surface area contributed by atoms with E-state index in [2.05, 4.69) is 43.9 Å². The quantitative estimate of drug-likeness (QED) is 0.777. The fourth-order valence-electron chi connectivity index (χ4n) is 3.05. The lowest BCUT2D eigenvalue weighted by Gasteiger charge is -2.17. The fraction of sp³-hybridized carbons (Fsp3) is 0.353. The van der Waals surface area contributed by atoms with Crippen molar-refractivity contribution in [3.8, 4) is 11.3 Å². The SMILES string of the molecule is c1ccc(-c2cc(N[C@H]3CCCCNC3)nc3ncnn23)cc1. The zero-order valence-corrected chi connectivity index (χ0v) is 12.9. The van der Waals surface area contributed by atoms with Crippen LogP contribution < -0.4 is 10.6 Å². The normalized spacial score (nSPS) is 18.7. The van der Waals surface area contributed by atoms with E-state index in [4.69, 9.17) is 0 Å². The molecule has 1 aliphatic heterocycles. The Labute approximate surface area is 135 Å². The van der Waals surface area contributed by atoms with Crippen LogP contribution in [0.2, 0.25) is 0 Å². The van der Waals surface area contributed by atoms with Gasteiger partial charge in [-0.25, -0.2) is 0 Å². The van der Waals surface area contributed by atoms with Crippen molar-refractivity contribution < 1.29 is 0 Å². The van der Waals surface area contributed by atoms with Crippen molar-refractivity contribution in [2.75, 3.05) is 18.4 Å². The van der Waals surface area contributed by atoms with Gasteiger partial charge in [0.25, 0.3) is 5.78 Å². The molecule has 1 fully saturated rings. The largest absolute Gasteiger partial charge is 0.366 e. The van der Waals surface area contributed by atoms with Crippen LogP contribution in [0.5, 0.6) is 0 Å². The number of anilines is 1. The number of aromatic nitrogens is 4. The van der Waals surface area contributed by atoms with Crippen LogP contribution in [0.3, 0.4) is 0 Å². The summed E-state index contributed by atoms with van der Waals surface area (Å²) in [6, 6.07) is 12.7. The highest BCUT2D eigenvalue weighted by Gasteiger charge is 2.14. The molecule has 2 N–H and O–H groups in total. The standard InChI is InChI=1S/C17H20N6/c1-2-6-13(7-3-1)15-10-16(22-17-19-12-20-23(15)17)21-14-8-4-5-9-18-11-14/h1-3,6-7,10,12,14,18H,4-5,8-9,11H2,(H,19,20,21,22)/t14-/m0/s1. The highest BCUT2D eigenvalue weighted by atomic mass is 15.3. The van der Waals surface area contributed by atoms with E-state index >= 15 is 0 Å². The number of benzene rings is 1. The van der Waals surface area contributed by atoms with Gasteiger partial charge in [0.1, 0.15) is 12.1 Å². The van der Waals surface area contributed by atoms with E-state index in [-0.39, 0.29) is 0 Å². The zero-order valence-electron chi connectivity index (χ0n) is 12.9. The van der Waals surface area contributed by atoms with E-state index in [1.807, 2.05) is 18.2 Å². The maximum atomic E-state index is 4.60. The summed E-state index contributed by atoms with van der Waals surface area (Å²) in [4.78, 5) is 8.86. The van der Waals surface area contributed by atoms with Gasteiger partial charge in [0, 0.05) is 24.2 Å². The highest BCUT2D eigenvalue weighted by molar-refractivity contribution is 5.65. The van der Waals surface area contributed by atoms with Crippen molar-refractivity contribution in [1.29, 1.82) is 0 Å². The molecule has 0 aliphatic carbocycles. The first-order chi connectivity index (χ1) is 11.4. The molecular formula is C17H20N6. The maximum Gasteiger partial charge on any atom is 0.254 e. The summed E-state index contributed by atoms with van der Waals surface area (Å²) in [7, 11) is 0. The molecule has 4 rings (SSSR count). The van der Waals surface area contributed by atoms with Gasteiger partial charge in [0.05, 0.1) is 5.69 Å². The third kappa shape index (κ3) is 3.03. The van der Waals surface area contributed by atoms with Crippen molar-refractivity contribution in [3.63, 3.8) is 0 Å². The summed E-state index contributed by atoms with van der Waals surface area (Å²) in [6.07, 6.45) is 5.19. The molecule has 3 heterocycles. The first kappa shape index (κ1) is 14.1. The molecule has 1 saturated heterocycles. The molecular weight excluding hydrogens is 288 g/mol. The van der Waals surface area contributed by atoms with Gasteiger partial charge >= 0.3 is 0 Å². The first-order valence-corrected chi connectivity index (χ1v) is 8.13. The van der Waals surface area contributed by atoms with E-state index in [0.29, 0.717) is 11.8 Å². The van der Waals surface area contributed by atoms with Gasteiger partial charge in [0.15, 0.2) is 0 Å². The third-order valence-electron chi connectivity index (χ3n) is 4.22. The Morgan fingerprint density at radius 1 is 1.17 bits per heavy atom. The molecule has 118 valence electrons. The Hall–Kier alpha value is -2.47. The predicted molar refractivity (Wildman–Crippen MR) is 90.3 cm³/mol. The van der Waals surface area contributed by atoms with Crippen LogP contribution in [-0.2, 0) is 0 Å².